The van der Waals surface area contributed by atoms with Crippen molar-refractivity contribution >= 4 is 5.82 Å². The summed E-state index contributed by atoms with van der Waals surface area (Å²) in [5.41, 5.74) is 6.77. The maximum Gasteiger partial charge on any atom is 0.219 e. The SMILES string of the molecule is COc1cccc(COc2cc(N)nc(C(C)C)n2)c1. The maximum atomic E-state index is 5.76. The molecule has 0 aliphatic rings. The Labute approximate surface area is 118 Å². The van der Waals surface area contributed by atoms with Crippen LogP contribution in [0.15, 0.2) is 30.3 Å². The largest absolute Gasteiger partial charge is 0.497 e. The van der Waals surface area contributed by atoms with E-state index in [2.05, 4.69) is 9.97 Å². The zero-order valence-electron chi connectivity index (χ0n) is 12.0. The lowest BCUT2D eigenvalue weighted by Crippen LogP contribution is -2.05. The molecule has 1 aromatic carbocycles. The van der Waals surface area contributed by atoms with Gasteiger partial charge in [-0.1, -0.05) is 26.0 Å². The molecule has 0 radical (unpaired) electrons. The van der Waals surface area contributed by atoms with Crippen LogP contribution in [-0.4, -0.2) is 17.1 Å². The van der Waals surface area contributed by atoms with Crippen LogP contribution in [-0.2, 0) is 6.61 Å². The average molecular weight is 273 g/mol. The van der Waals surface area contributed by atoms with Crippen molar-refractivity contribution in [2.24, 2.45) is 0 Å². The Bertz CT molecular complexity index is 585. The molecular weight excluding hydrogens is 254 g/mol. The van der Waals surface area contributed by atoms with Crippen LogP contribution >= 0.6 is 0 Å². The van der Waals surface area contributed by atoms with Gasteiger partial charge in [-0.25, -0.2) is 4.98 Å². The minimum atomic E-state index is 0.206. The number of ether oxygens (including phenoxy) is 2. The molecule has 0 atom stereocenters. The lowest BCUT2D eigenvalue weighted by atomic mass is 10.2. The van der Waals surface area contributed by atoms with E-state index in [9.17, 15) is 0 Å². The normalized spacial score (nSPS) is 10.6. The van der Waals surface area contributed by atoms with Crippen molar-refractivity contribution in [3.8, 4) is 11.6 Å². The molecule has 106 valence electrons. The van der Waals surface area contributed by atoms with Gasteiger partial charge in [0.05, 0.1) is 7.11 Å². The molecule has 0 aliphatic carbocycles. The van der Waals surface area contributed by atoms with Crippen molar-refractivity contribution in [2.45, 2.75) is 26.4 Å². The van der Waals surface area contributed by atoms with Crippen LogP contribution in [0.4, 0.5) is 5.82 Å². The highest BCUT2D eigenvalue weighted by Gasteiger charge is 2.07. The quantitative estimate of drug-likeness (QED) is 0.907. The number of anilines is 1. The van der Waals surface area contributed by atoms with Crippen LogP contribution in [0.5, 0.6) is 11.6 Å². The number of nitrogens with two attached hydrogens (primary N) is 1. The number of methoxy groups -OCH3 is 1. The molecule has 0 amide bonds. The van der Waals surface area contributed by atoms with Crippen molar-refractivity contribution in [3.63, 3.8) is 0 Å². The van der Waals surface area contributed by atoms with Gasteiger partial charge < -0.3 is 15.2 Å². The Morgan fingerprint density at radius 1 is 1.20 bits per heavy atom. The van der Waals surface area contributed by atoms with Crippen LogP contribution in [0.3, 0.4) is 0 Å². The Balaban J connectivity index is 2.10. The van der Waals surface area contributed by atoms with Crippen LogP contribution in [0.2, 0.25) is 0 Å². The molecule has 0 bridgehead atoms. The minimum Gasteiger partial charge on any atom is -0.497 e. The highest BCUT2D eigenvalue weighted by atomic mass is 16.5. The zero-order valence-corrected chi connectivity index (χ0v) is 12.0. The van der Waals surface area contributed by atoms with E-state index in [4.69, 9.17) is 15.2 Å². The predicted octanol–water partition coefficient (Wildman–Crippen LogP) is 2.77. The van der Waals surface area contributed by atoms with Gasteiger partial charge in [0.1, 0.15) is 24.0 Å². The van der Waals surface area contributed by atoms with Gasteiger partial charge in [-0.15, -0.1) is 0 Å². The number of benzene rings is 1. The smallest absolute Gasteiger partial charge is 0.219 e. The van der Waals surface area contributed by atoms with E-state index >= 15 is 0 Å². The van der Waals surface area contributed by atoms with E-state index in [0.29, 0.717) is 24.1 Å². The highest BCUT2D eigenvalue weighted by Crippen LogP contribution is 2.19. The first-order chi connectivity index (χ1) is 9.58. The van der Waals surface area contributed by atoms with Gasteiger partial charge in [-0.3, -0.25) is 0 Å². The van der Waals surface area contributed by atoms with E-state index in [1.807, 2.05) is 38.1 Å². The number of aromatic nitrogens is 2. The number of nitrogen functional groups attached to an aromatic ring is 1. The summed E-state index contributed by atoms with van der Waals surface area (Å²) in [6, 6.07) is 9.34. The Morgan fingerprint density at radius 3 is 2.70 bits per heavy atom. The molecule has 2 aromatic rings. The molecule has 5 heteroatoms. The minimum absolute atomic E-state index is 0.206. The first-order valence-electron chi connectivity index (χ1n) is 6.48. The van der Waals surface area contributed by atoms with Crippen molar-refractivity contribution in [1.29, 1.82) is 0 Å². The molecule has 0 fully saturated rings. The van der Waals surface area contributed by atoms with Gasteiger partial charge in [0.2, 0.25) is 5.88 Å². The lowest BCUT2D eigenvalue weighted by Gasteiger charge is -2.10. The van der Waals surface area contributed by atoms with Crippen molar-refractivity contribution < 1.29 is 9.47 Å². The van der Waals surface area contributed by atoms with Gasteiger partial charge in [0, 0.05) is 12.0 Å². The maximum absolute atomic E-state index is 5.76. The summed E-state index contributed by atoms with van der Waals surface area (Å²) in [4.78, 5) is 8.53. The second-order valence-corrected chi connectivity index (χ2v) is 4.78. The summed E-state index contributed by atoms with van der Waals surface area (Å²) in [6.45, 7) is 4.44. The van der Waals surface area contributed by atoms with E-state index in [1.165, 1.54) is 0 Å². The summed E-state index contributed by atoms with van der Waals surface area (Å²) in [5.74, 6) is 2.60. The fourth-order valence-corrected chi connectivity index (χ4v) is 1.71. The Hall–Kier alpha value is -2.30. The van der Waals surface area contributed by atoms with Gasteiger partial charge in [0.25, 0.3) is 0 Å². The summed E-state index contributed by atoms with van der Waals surface area (Å²) >= 11 is 0. The van der Waals surface area contributed by atoms with E-state index in [1.54, 1.807) is 13.2 Å². The fourth-order valence-electron chi connectivity index (χ4n) is 1.71. The summed E-state index contributed by atoms with van der Waals surface area (Å²) in [5, 5.41) is 0. The average Bonchev–Trinajstić information content (AvgIpc) is 2.44. The van der Waals surface area contributed by atoms with E-state index in [-0.39, 0.29) is 5.92 Å². The predicted molar refractivity (Wildman–Crippen MR) is 77.9 cm³/mol. The third-order valence-corrected chi connectivity index (χ3v) is 2.78. The molecule has 0 saturated heterocycles. The monoisotopic (exact) mass is 273 g/mol. The summed E-state index contributed by atoms with van der Waals surface area (Å²) in [7, 11) is 1.64. The standard InChI is InChI=1S/C15H19N3O2/c1-10(2)15-17-13(16)8-14(18-15)20-9-11-5-4-6-12(7-11)19-3/h4-8,10H,9H2,1-3H3,(H2,16,17,18). The molecule has 5 nitrogen and oxygen atoms in total. The number of hydrogen-bond acceptors (Lipinski definition) is 5. The summed E-state index contributed by atoms with van der Waals surface area (Å²) in [6.07, 6.45) is 0. The van der Waals surface area contributed by atoms with Crippen LogP contribution in [0.1, 0.15) is 31.2 Å². The third kappa shape index (κ3) is 3.60. The topological polar surface area (TPSA) is 70.3 Å². The van der Waals surface area contributed by atoms with Crippen LogP contribution in [0, 0.1) is 0 Å². The molecule has 0 aliphatic heterocycles. The highest BCUT2D eigenvalue weighted by molar-refractivity contribution is 5.34. The summed E-state index contributed by atoms with van der Waals surface area (Å²) < 4.78 is 10.9. The van der Waals surface area contributed by atoms with Crippen molar-refractivity contribution in [3.05, 3.63) is 41.7 Å². The van der Waals surface area contributed by atoms with Crippen LogP contribution in [0.25, 0.3) is 0 Å². The Kier molecular flexibility index (Phi) is 4.40. The molecule has 0 spiro atoms. The molecule has 0 unspecified atom stereocenters. The van der Waals surface area contributed by atoms with Crippen molar-refractivity contribution in [1.82, 2.24) is 9.97 Å². The van der Waals surface area contributed by atoms with E-state index in [0.717, 1.165) is 11.3 Å². The van der Waals surface area contributed by atoms with Gasteiger partial charge >= 0.3 is 0 Å². The molecule has 2 rings (SSSR count). The first kappa shape index (κ1) is 14.1. The number of rotatable bonds is 5. The van der Waals surface area contributed by atoms with Gasteiger partial charge in [-0.05, 0) is 17.7 Å². The number of hydrogen-bond donors (Lipinski definition) is 1. The molecule has 1 heterocycles. The van der Waals surface area contributed by atoms with Gasteiger partial charge in [-0.2, -0.15) is 4.98 Å². The first-order valence-corrected chi connectivity index (χ1v) is 6.48. The van der Waals surface area contributed by atoms with E-state index < -0.39 is 0 Å². The molecule has 1 aromatic heterocycles. The molecule has 20 heavy (non-hydrogen) atoms. The third-order valence-electron chi connectivity index (χ3n) is 2.78. The second kappa shape index (κ2) is 6.23. The molecular formula is C15H19N3O2. The fraction of sp³-hybridized carbons (Fsp3) is 0.333. The Morgan fingerprint density at radius 2 is 2.00 bits per heavy atom. The zero-order chi connectivity index (χ0) is 14.5. The van der Waals surface area contributed by atoms with Crippen molar-refractivity contribution in [2.75, 3.05) is 12.8 Å². The lowest BCUT2D eigenvalue weighted by molar-refractivity contribution is 0.291. The second-order valence-electron chi connectivity index (χ2n) is 4.78. The number of nitrogens with zero attached hydrogens (tertiary/aromatic N) is 2. The molecule has 2 N–H and O–H groups in total. The van der Waals surface area contributed by atoms with Gasteiger partial charge in [0.15, 0.2) is 0 Å². The van der Waals surface area contributed by atoms with Crippen LogP contribution < -0.4 is 15.2 Å². The molecule has 0 saturated carbocycles.